The average Bonchev–Trinajstić information content (AvgIpc) is 1.94. The Morgan fingerprint density at radius 2 is 1.41 bits per heavy atom. The lowest BCUT2D eigenvalue weighted by Gasteiger charge is -2.15. The Kier molecular flexibility index (Phi) is 6.38. The van der Waals surface area contributed by atoms with Crippen molar-refractivity contribution in [1.82, 2.24) is 0 Å². The fourth-order valence-corrected chi connectivity index (χ4v) is 4.42. The van der Waals surface area contributed by atoms with E-state index in [4.69, 9.17) is 19.6 Å². The van der Waals surface area contributed by atoms with E-state index in [2.05, 4.69) is 17.5 Å². The van der Waals surface area contributed by atoms with Gasteiger partial charge in [-0.2, -0.15) is 8.62 Å². The standard InChI is InChI=1S/CH8O12P4/c1-10-14(2)11-16(6,7)13-17(8,9)12-15(3,4)5/h14H,1H3,(H,6,7)(H,8,9)(H2,3,4,5). The zero-order valence-electron chi connectivity index (χ0n) is 7.90. The van der Waals surface area contributed by atoms with Crippen molar-refractivity contribution >= 4 is 31.7 Å². The molecular formula is CH8O12P4. The van der Waals surface area contributed by atoms with Crippen molar-refractivity contribution in [1.29, 1.82) is 0 Å². The molecule has 0 radical (unpaired) electrons. The van der Waals surface area contributed by atoms with Gasteiger partial charge >= 0.3 is 31.7 Å². The molecule has 104 valence electrons. The van der Waals surface area contributed by atoms with Crippen molar-refractivity contribution in [3.63, 3.8) is 0 Å². The molecule has 0 amide bonds. The Morgan fingerprint density at radius 1 is 0.941 bits per heavy atom. The van der Waals surface area contributed by atoms with Gasteiger partial charge in [-0.3, -0.25) is 4.57 Å². The molecule has 0 rings (SSSR count). The van der Waals surface area contributed by atoms with Crippen LogP contribution in [0.3, 0.4) is 0 Å². The smallest absolute Gasteiger partial charge is 0.314 e. The maximum atomic E-state index is 10.9. The van der Waals surface area contributed by atoms with Gasteiger partial charge in [-0.15, -0.1) is 0 Å². The molecule has 12 nitrogen and oxygen atoms in total. The van der Waals surface area contributed by atoms with E-state index in [1.54, 1.807) is 0 Å². The lowest BCUT2D eigenvalue weighted by atomic mass is 11.8. The van der Waals surface area contributed by atoms with Gasteiger partial charge in [0.2, 0.25) is 0 Å². The topological polar surface area (TPSA) is 186 Å². The Bertz CT molecular complexity index is 416. The minimum Gasteiger partial charge on any atom is -0.314 e. The van der Waals surface area contributed by atoms with Crippen LogP contribution in [0.15, 0.2) is 0 Å². The van der Waals surface area contributed by atoms with Crippen LogP contribution in [0.4, 0.5) is 0 Å². The first kappa shape index (κ1) is 17.6. The van der Waals surface area contributed by atoms with Crippen LogP contribution in [-0.2, 0) is 35.7 Å². The van der Waals surface area contributed by atoms with Crippen molar-refractivity contribution in [2.24, 2.45) is 0 Å². The monoisotopic (exact) mass is 336 g/mol. The molecular weight excluding hydrogens is 328 g/mol. The molecule has 0 spiro atoms. The fraction of sp³-hybridized carbons (Fsp3) is 1.00. The van der Waals surface area contributed by atoms with Crippen LogP contribution in [-0.4, -0.2) is 26.7 Å². The molecule has 4 N–H and O–H groups in total. The zero-order valence-corrected chi connectivity index (χ0v) is 11.6. The number of phosphoric acid groups is 3. The molecule has 3 atom stereocenters. The third-order valence-electron chi connectivity index (χ3n) is 0.772. The highest BCUT2D eigenvalue weighted by atomic mass is 31.3. The third-order valence-corrected chi connectivity index (χ3v) is 5.95. The molecule has 0 aromatic heterocycles. The van der Waals surface area contributed by atoms with Crippen molar-refractivity contribution < 1.29 is 55.3 Å². The van der Waals surface area contributed by atoms with E-state index in [0.29, 0.717) is 0 Å². The third kappa shape index (κ3) is 9.21. The molecule has 16 heteroatoms. The quantitative estimate of drug-likeness (QED) is 0.468. The van der Waals surface area contributed by atoms with Crippen LogP contribution >= 0.6 is 31.7 Å². The van der Waals surface area contributed by atoms with Crippen molar-refractivity contribution in [2.45, 2.75) is 0 Å². The largest absolute Gasteiger partial charge is 0.490 e. The molecule has 17 heavy (non-hydrogen) atoms. The summed E-state index contributed by atoms with van der Waals surface area (Å²) in [7, 11) is -19.0. The van der Waals surface area contributed by atoms with Gasteiger partial charge in [0.25, 0.3) is 0 Å². The minimum atomic E-state index is -5.58. The minimum absolute atomic E-state index is 0.839. The molecule has 0 aliphatic carbocycles. The van der Waals surface area contributed by atoms with Crippen molar-refractivity contribution in [2.75, 3.05) is 7.11 Å². The zero-order chi connectivity index (χ0) is 13.9. The Morgan fingerprint density at radius 3 is 1.76 bits per heavy atom. The molecule has 0 heterocycles. The molecule has 0 aliphatic heterocycles. The van der Waals surface area contributed by atoms with Gasteiger partial charge in [-0.05, 0) is 0 Å². The molecule has 0 aliphatic rings. The molecule has 0 aromatic carbocycles. The van der Waals surface area contributed by atoms with E-state index in [0.717, 1.165) is 7.11 Å². The molecule has 0 saturated heterocycles. The highest BCUT2D eigenvalue weighted by Gasteiger charge is 2.41. The molecule has 0 bridgehead atoms. The van der Waals surface area contributed by atoms with Crippen LogP contribution in [0, 0.1) is 0 Å². The second-order valence-electron chi connectivity index (χ2n) is 2.14. The predicted octanol–water partition coefficient (Wildman–Crippen LogP) is 0.366. The van der Waals surface area contributed by atoms with Gasteiger partial charge in [0.15, 0.2) is 0 Å². The molecule has 3 unspecified atom stereocenters. The lowest BCUT2D eigenvalue weighted by molar-refractivity contribution is 0.204. The summed E-state index contributed by atoms with van der Waals surface area (Å²) >= 11 is 0. The summed E-state index contributed by atoms with van der Waals surface area (Å²) in [6.07, 6.45) is 0. The normalized spacial score (nSPS) is 21.5. The SMILES string of the molecule is CO[PH](=O)OP(=O)(O)OP(=O)(O)OP(=O)(O)O. The summed E-state index contributed by atoms with van der Waals surface area (Å²) in [5, 5.41) is 0. The van der Waals surface area contributed by atoms with Gasteiger partial charge in [0.1, 0.15) is 0 Å². The second-order valence-corrected chi connectivity index (χ2v) is 7.94. The number of rotatable bonds is 7. The maximum absolute atomic E-state index is 10.9. The van der Waals surface area contributed by atoms with E-state index in [9.17, 15) is 18.3 Å². The van der Waals surface area contributed by atoms with Crippen molar-refractivity contribution in [3.8, 4) is 0 Å². The molecule has 0 aromatic rings. The summed E-state index contributed by atoms with van der Waals surface area (Å²) in [6, 6.07) is 0. The first-order chi connectivity index (χ1) is 7.37. The van der Waals surface area contributed by atoms with E-state index in [1.807, 2.05) is 0 Å². The second kappa shape index (κ2) is 6.16. The Balaban J connectivity index is 4.71. The van der Waals surface area contributed by atoms with Crippen LogP contribution in [0.2, 0.25) is 0 Å². The van der Waals surface area contributed by atoms with Crippen LogP contribution < -0.4 is 0 Å². The van der Waals surface area contributed by atoms with Crippen LogP contribution in [0.5, 0.6) is 0 Å². The lowest BCUT2D eigenvalue weighted by Crippen LogP contribution is -1.93. The summed E-state index contributed by atoms with van der Waals surface area (Å²) in [5.41, 5.74) is 0. The highest BCUT2D eigenvalue weighted by Crippen LogP contribution is 2.68. The van der Waals surface area contributed by atoms with E-state index in [-0.39, 0.29) is 0 Å². The van der Waals surface area contributed by atoms with Gasteiger partial charge in [0.05, 0.1) is 0 Å². The average molecular weight is 336 g/mol. The summed E-state index contributed by atoms with van der Waals surface area (Å²) < 4.78 is 56.6. The number of hydrogen-bond acceptors (Lipinski definition) is 8. The Labute approximate surface area is 94.9 Å². The Hall–Kier alpha value is 0.600. The predicted molar refractivity (Wildman–Crippen MR) is 51.0 cm³/mol. The van der Waals surface area contributed by atoms with Gasteiger partial charge < -0.3 is 24.1 Å². The molecule has 0 fully saturated rings. The van der Waals surface area contributed by atoms with Crippen molar-refractivity contribution in [3.05, 3.63) is 0 Å². The van der Waals surface area contributed by atoms with Gasteiger partial charge in [0, 0.05) is 7.11 Å². The fourth-order valence-electron chi connectivity index (χ4n) is 0.428. The number of hydrogen-bond donors (Lipinski definition) is 4. The first-order valence-corrected chi connectivity index (χ1v) is 9.03. The van der Waals surface area contributed by atoms with E-state index in [1.165, 1.54) is 0 Å². The van der Waals surface area contributed by atoms with E-state index < -0.39 is 31.7 Å². The molecule has 0 saturated carbocycles. The van der Waals surface area contributed by atoms with Gasteiger partial charge in [-0.25, -0.2) is 18.0 Å². The van der Waals surface area contributed by atoms with E-state index >= 15 is 0 Å². The summed E-state index contributed by atoms with van der Waals surface area (Å²) in [6.45, 7) is 0. The van der Waals surface area contributed by atoms with Crippen LogP contribution in [0.1, 0.15) is 0 Å². The van der Waals surface area contributed by atoms with Gasteiger partial charge in [-0.1, -0.05) is 0 Å². The summed E-state index contributed by atoms with van der Waals surface area (Å²) in [4.78, 5) is 33.7. The highest BCUT2D eigenvalue weighted by molar-refractivity contribution is 7.68. The first-order valence-electron chi connectivity index (χ1n) is 3.28. The van der Waals surface area contributed by atoms with Crippen LogP contribution in [0.25, 0.3) is 0 Å². The maximum Gasteiger partial charge on any atom is 0.490 e. The summed E-state index contributed by atoms with van der Waals surface area (Å²) in [5.74, 6) is 0.